The summed E-state index contributed by atoms with van der Waals surface area (Å²) in [5, 5.41) is 14.0. The Labute approximate surface area is 109 Å². The highest BCUT2D eigenvalue weighted by atomic mass is 16.7. The molecule has 0 spiro atoms. The number of carboxylic acid groups (broad SMARTS) is 1. The minimum atomic E-state index is -1.29. The zero-order valence-corrected chi connectivity index (χ0v) is 10.3. The molecule has 0 saturated heterocycles. The monoisotopic (exact) mass is 256 g/mol. The number of aliphatic carboxylic acids is 1. The zero-order valence-electron chi connectivity index (χ0n) is 10.3. The van der Waals surface area contributed by atoms with Gasteiger partial charge >= 0.3 is 5.97 Å². The van der Waals surface area contributed by atoms with E-state index in [1.54, 1.807) is 0 Å². The van der Waals surface area contributed by atoms with E-state index in [2.05, 4.69) is 10.1 Å². The van der Waals surface area contributed by atoms with Gasteiger partial charge in [-0.2, -0.15) is 0 Å². The van der Waals surface area contributed by atoms with E-state index in [0.29, 0.717) is 11.4 Å². The Balaban J connectivity index is 1.96. The summed E-state index contributed by atoms with van der Waals surface area (Å²) < 4.78 is 0. The van der Waals surface area contributed by atoms with Gasteiger partial charge in [-0.15, -0.1) is 0 Å². The zero-order chi connectivity index (χ0) is 13.5. The first-order chi connectivity index (χ1) is 9.08. The highest BCUT2D eigenvalue weighted by Gasteiger charge is 2.42. The van der Waals surface area contributed by atoms with Crippen LogP contribution in [0.15, 0.2) is 41.6 Å². The van der Waals surface area contributed by atoms with E-state index in [1.165, 1.54) is 6.92 Å². The average Bonchev–Trinajstić information content (AvgIpc) is 2.82. The van der Waals surface area contributed by atoms with E-state index >= 15 is 0 Å². The quantitative estimate of drug-likeness (QED) is 0.894. The third kappa shape index (κ3) is 1.93. The Hall–Kier alpha value is -2.43. The lowest BCUT2D eigenvalue weighted by Crippen LogP contribution is -2.35. The van der Waals surface area contributed by atoms with Gasteiger partial charge in [0.1, 0.15) is 5.71 Å². The van der Waals surface area contributed by atoms with Gasteiger partial charge in [-0.25, -0.2) is 9.78 Å². The van der Waals surface area contributed by atoms with Crippen molar-refractivity contribution in [3.05, 3.63) is 42.1 Å². The maximum Gasteiger partial charge on any atom is 0.351 e. The summed E-state index contributed by atoms with van der Waals surface area (Å²) in [5.41, 5.74) is 0.786. The van der Waals surface area contributed by atoms with Gasteiger partial charge < -0.3 is 9.94 Å². The van der Waals surface area contributed by atoms with Crippen molar-refractivity contribution < 1.29 is 14.7 Å². The summed E-state index contributed by atoms with van der Waals surface area (Å²) >= 11 is 0. The van der Waals surface area contributed by atoms with Gasteiger partial charge in [0.05, 0.1) is 11.2 Å². The van der Waals surface area contributed by atoms with Crippen LogP contribution in [-0.4, -0.2) is 27.4 Å². The molecule has 3 rings (SSSR count). The van der Waals surface area contributed by atoms with Gasteiger partial charge in [-0.3, -0.25) is 0 Å². The number of hydrogen-bond donors (Lipinski definition) is 1. The summed E-state index contributed by atoms with van der Waals surface area (Å²) in [6.45, 7) is 1.51. The third-order valence-corrected chi connectivity index (χ3v) is 3.21. The molecule has 1 unspecified atom stereocenters. The van der Waals surface area contributed by atoms with Crippen molar-refractivity contribution in [2.75, 3.05) is 0 Å². The summed E-state index contributed by atoms with van der Waals surface area (Å²) in [6, 6.07) is 11.5. The lowest BCUT2D eigenvalue weighted by molar-refractivity contribution is -0.160. The first-order valence-corrected chi connectivity index (χ1v) is 5.93. The second-order valence-electron chi connectivity index (χ2n) is 4.73. The standard InChI is InChI=1S/C14H12N2O3/c1-14(13(17)18)8-12(16-19-14)11-7-6-9-4-2-3-5-10(9)15-11/h2-7H,8H2,1H3,(H,17,18). The third-order valence-electron chi connectivity index (χ3n) is 3.21. The molecule has 19 heavy (non-hydrogen) atoms. The molecule has 2 heterocycles. The molecule has 0 fully saturated rings. The largest absolute Gasteiger partial charge is 0.478 e. The van der Waals surface area contributed by atoms with E-state index in [9.17, 15) is 4.79 Å². The second-order valence-corrected chi connectivity index (χ2v) is 4.73. The fraction of sp³-hybridized carbons (Fsp3) is 0.214. The number of hydrogen-bond acceptors (Lipinski definition) is 4. The minimum absolute atomic E-state index is 0.216. The van der Waals surface area contributed by atoms with Crippen LogP contribution in [0.2, 0.25) is 0 Å². The van der Waals surface area contributed by atoms with Crippen LogP contribution < -0.4 is 0 Å². The maximum atomic E-state index is 11.1. The van der Waals surface area contributed by atoms with Crippen molar-refractivity contribution in [1.82, 2.24) is 4.98 Å². The number of aromatic nitrogens is 1. The van der Waals surface area contributed by atoms with E-state index < -0.39 is 11.6 Å². The molecule has 96 valence electrons. The lowest BCUT2D eigenvalue weighted by atomic mass is 9.98. The minimum Gasteiger partial charge on any atom is -0.478 e. The molecule has 1 aromatic heterocycles. The topological polar surface area (TPSA) is 71.8 Å². The van der Waals surface area contributed by atoms with E-state index in [0.717, 1.165) is 10.9 Å². The van der Waals surface area contributed by atoms with Crippen molar-refractivity contribution in [1.29, 1.82) is 0 Å². The molecule has 5 nitrogen and oxygen atoms in total. The van der Waals surface area contributed by atoms with Crippen LogP contribution in [0.4, 0.5) is 0 Å². The molecule has 1 aliphatic heterocycles. The van der Waals surface area contributed by atoms with Crippen LogP contribution in [0, 0.1) is 0 Å². The smallest absolute Gasteiger partial charge is 0.351 e. The fourth-order valence-corrected chi connectivity index (χ4v) is 2.02. The molecule has 0 bridgehead atoms. The lowest BCUT2D eigenvalue weighted by Gasteiger charge is -2.14. The first kappa shape index (κ1) is 11.6. The normalized spacial score (nSPS) is 22.1. The van der Waals surface area contributed by atoms with Crippen molar-refractivity contribution in [3.8, 4) is 0 Å². The number of fused-ring (bicyclic) bond motifs is 1. The molecule has 0 aliphatic carbocycles. The molecule has 1 atom stereocenters. The summed E-state index contributed by atoms with van der Waals surface area (Å²) in [4.78, 5) is 20.6. The predicted molar refractivity (Wildman–Crippen MR) is 70.0 cm³/mol. The summed E-state index contributed by atoms with van der Waals surface area (Å²) in [5.74, 6) is -1.02. The Kier molecular flexibility index (Phi) is 2.48. The van der Waals surface area contributed by atoms with Crippen LogP contribution in [0.25, 0.3) is 10.9 Å². The SMILES string of the molecule is CC1(C(=O)O)CC(c2ccc3ccccc3n2)=NO1. The Morgan fingerprint density at radius 1 is 1.32 bits per heavy atom. The van der Waals surface area contributed by atoms with E-state index in [1.807, 2.05) is 36.4 Å². The number of nitrogens with zero attached hydrogens (tertiary/aromatic N) is 2. The number of carbonyl (C=O) groups is 1. The molecular formula is C14H12N2O3. The average molecular weight is 256 g/mol. The number of carboxylic acids is 1. The van der Waals surface area contributed by atoms with Crippen molar-refractivity contribution >= 4 is 22.6 Å². The summed E-state index contributed by atoms with van der Waals surface area (Å²) in [6.07, 6.45) is 0.216. The van der Waals surface area contributed by atoms with E-state index in [-0.39, 0.29) is 6.42 Å². The van der Waals surface area contributed by atoms with E-state index in [4.69, 9.17) is 9.94 Å². The highest BCUT2D eigenvalue weighted by Crippen LogP contribution is 2.26. The van der Waals surface area contributed by atoms with Crippen LogP contribution in [0.5, 0.6) is 0 Å². The molecular weight excluding hydrogens is 244 g/mol. The Bertz CT molecular complexity index is 696. The van der Waals surface area contributed by atoms with Gasteiger partial charge in [0, 0.05) is 11.8 Å². The van der Waals surface area contributed by atoms with Crippen LogP contribution in [0.3, 0.4) is 0 Å². The van der Waals surface area contributed by atoms with Gasteiger partial charge in [0.2, 0.25) is 5.60 Å². The van der Waals surface area contributed by atoms with Gasteiger partial charge in [-0.1, -0.05) is 29.4 Å². The van der Waals surface area contributed by atoms with Gasteiger partial charge in [0.15, 0.2) is 0 Å². The van der Waals surface area contributed by atoms with Crippen LogP contribution in [0.1, 0.15) is 19.0 Å². The Morgan fingerprint density at radius 3 is 2.84 bits per heavy atom. The second kappa shape index (κ2) is 4.05. The van der Waals surface area contributed by atoms with Crippen molar-refractivity contribution in [3.63, 3.8) is 0 Å². The van der Waals surface area contributed by atoms with Crippen molar-refractivity contribution in [2.45, 2.75) is 18.9 Å². The number of rotatable bonds is 2. The molecule has 0 saturated carbocycles. The highest BCUT2D eigenvalue weighted by molar-refractivity contribution is 6.04. The molecule has 0 radical (unpaired) electrons. The number of oxime groups is 1. The number of benzene rings is 1. The number of pyridine rings is 1. The maximum absolute atomic E-state index is 11.1. The van der Waals surface area contributed by atoms with Crippen molar-refractivity contribution in [2.24, 2.45) is 5.16 Å². The molecule has 5 heteroatoms. The molecule has 1 aromatic carbocycles. The molecule has 0 amide bonds. The fourth-order valence-electron chi connectivity index (χ4n) is 2.02. The summed E-state index contributed by atoms with van der Waals surface area (Å²) in [7, 11) is 0. The molecule has 1 N–H and O–H groups in total. The van der Waals surface area contributed by atoms with Crippen LogP contribution in [-0.2, 0) is 9.63 Å². The van der Waals surface area contributed by atoms with Crippen LogP contribution >= 0.6 is 0 Å². The Morgan fingerprint density at radius 2 is 2.11 bits per heavy atom. The molecule has 1 aliphatic rings. The number of para-hydroxylation sites is 1. The first-order valence-electron chi connectivity index (χ1n) is 5.93. The molecule has 2 aromatic rings. The van der Waals surface area contributed by atoms with Gasteiger partial charge in [0.25, 0.3) is 0 Å². The predicted octanol–water partition coefficient (Wildman–Crippen LogP) is 2.20. The van der Waals surface area contributed by atoms with Gasteiger partial charge in [-0.05, 0) is 19.1 Å².